The number of carbonyl (C=O) groups is 1. The van der Waals surface area contributed by atoms with Gasteiger partial charge in [0.15, 0.2) is 0 Å². The summed E-state index contributed by atoms with van der Waals surface area (Å²) in [5.41, 5.74) is 9.63. The summed E-state index contributed by atoms with van der Waals surface area (Å²) in [6, 6.07) is -0.509. The number of nitrogens with two attached hydrogens (primary N) is 2. The maximum absolute atomic E-state index is 9.80. The molecule has 0 bridgehead atoms. The highest BCUT2D eigenvalue weighted by atomic mass is 16.2. The van der Waals surface area contributed by atoms with E-state index in [0.717, 1.165) is 0 Å². The minimum Gasteiger partial charge on any atom is -0.368 e. The Bertz CT molecular complexity index is 59.8. The van der Waals surface area contributed by atoms with Gasteiger partial charge in [0.1, 0.15) is 0 Å². The molecule has 0 spiro atoms. The van der Waals surface area contributed by atoms with Gasteiger partial charge in [-0.2, -0.15) is 0 Å². The Balaban J connectivity index is 3.26. The van der Waals surface area contributed by atoms with Gasteiger partial charge in [-0.1, -0.05) is 0 Å². The van der Waals surface area contributed by atoms with Gasteiger partial charge in [-0.3, -0.25) is 4.79 Å². The lowest BCUT2D eigenvalue weighted by atomic mass is 10.6. The van der Waals surface area contributed by atoms with Crippen molar-refractivity contribution in [3.63, 3.8) is 0 Å². The second-order valence-corrected chi connectivity index (χ2v) is 1.19. The first kappa shape index (κ1) is 5.43. The van der Waals surface area contributed by atoms with Crippen LogP contribution in [0.3, 0.4) is 0 Å². The predicted molar refractivity (Wildman–Crippen MR) is 22.8 cm³/mol. The molecule has 3 nitrogen and oxygen atoms in total. The molecule has 0 fully saturated rings. The predicted octanol–water partition coefficient (Wildman–Crippen LogP) is -1.18. The van der Waals surface area contributed by atoms with Gasteiger partial charge in [0.2, 0.25) is 5.91 Å². The van der Waals surface area contributed by atoms with E-state index in [0.29, 0.717) is 0 Å². The smallest absolute Gasteiger partial charge is 0.234 e. The van der Waals surface area contributed by atoms with Gasteiger partial charge in [0.25, 0.3) is 0 Å². The van der Waals surface area contributed by atoms with E-state index in [4.69, 9.17) is 5.73 Å². The summed E-state index contributed by atoms with van der Waals surface area (Å²) in [4.78, 5) is 9.80. The fraction of sp³-hybridized carbons (Fsp3) is 0.667. The third kappa shape index (κ3) is 1.72. The van der Waals surface area contributed by atoms with E-state index in [1.165, 1.54) is 0 Å². The molecule has 0 saturated heterocycles. The molecule has 3 heteroatoms. The Hall–Kier alpha value is -0.570. The highest BCUT2D eigenvalue weighted by molar-refractivity contribution is 5.78. The molecule has 0 aromatic rings. The van der Waals surface area contributed by atoms with E-state index in [1.807, 2.05) is 0 Å². The zero-order valence-electron chi connectivity index (χ0n) is 3.64. The van der Waals surface area contributed by atoms with Gasteiger partial charge >= 0.3 is 0 Å². The van der Waals surface area contributed by atoms with Gasteiger partial charge < -0.3 is 11.5 Å². The third-order valence-corrected chi connectivity index (χ3v) is 0.449. The van der Waals surface area contributed by atoms with Crippen molar-refractivity contribution in [2.24, 2.45) is 11.5 Å². The average Bonchev–Trinajstić information content (AvgIpc) is 1.36. The lowest BCUT2D eigenvalue weighted by molar-refractivity contribution is -0.118. The first-order valence-electron chi connectivity index (χ1n) is 1.69. The molecule has 0 aliphatic rings. The highest BCUT2D eigenvalue weighted by Gasteiger charge is 1.96. The molecular weight excluding hydrogens is 81.0 g/mol. The molecule has 0 aliphatic heterocycles. The van der Waals surface area contributed by atoms with Crippen LogP contribution in [0, 0.1) is 0 Å². The molecule has 1 amide bonds. The van der Waals surface area contributed by atoms with E-state index in [1.54, 1.807) is 6.92 Å². The van der Waals surface area contributed by atoms with E-state index in [-0.39, 0.29) is 0 Å². The molecule has 0 rings (SSSR count). The van der Waals surface area contributed by atoms with Crippen molar-refractivity contribution < 1.29 is 4.79 Å². The van der Waals surface area contributed by atoms with E-state index >= 15 is 0 Å². The molecule has 0 heterocycles. The van der Waals surface area contributed by atoms with Crippen LogP contribution in [0.1, 0.15) is 6.92 Å². The molecule has 0 radical (unpaired) electrons. The van der Waals surface area contributed by atoms with Gasteiger partial charge in [-0.15, -0.1) is 0 Å². The fourth-order valence-corrected chi connectivity index (χ4v) is 0. The Kier molecular flexibility index (Phi) is 1.60. The maximum atomic E-state index is 9.80. The van der Waals surface area contributed by atoms with Crippen LogP contribution < -0.4 is 11.5 Å². The van der Waals surface area contributed by atoms with Crippen LogP contribution in [-0.2, 0) is 4.79 Å². The van der Waals surface area contributed by atoms with Gasteiger partial charge in [0.05, 0.1) is 6.04 Å². The summed E-state index contributed by atoms with van der Waals surface area (Å²) in [5.74, 6) is -0.463. The fourth-order valence-electron chi connectivity index (χ4n) is 0. The summed E-state index contributed by atoms with van der Waals surface area (Å²) >= 11 is 0. The summed E-state index contributed by atoms with van der Waals surface area (Å²) in [6.45, 7) is 1.54. The molecular formula is C3H8N2O. The Morgan fingerprint density at radius 2 is 2.00 bits per heavy atom. The largest absolute Gasteiger partial charge is 0.368 e. The van der Waals surface area contributed by atoms with Crippen molar-refractivity contribution in [1.82, 2.24) is 0 Å². The van der Waals surface area contributed by atoms with E-state index in [2.05, 4.69) is 5.73 Å². The molecule has 6 heavy (non-hydrogen) atoms. The molecule has 0 aromatic carbocycles. The summed E-state index contributed by atoms with van der Waals surface area (Å²) in [5, 5.41) is 0. The van der Waals surface area contributed by atoms with Crippen LogP contribution >= 0.6 is 0 Å². The van der Waals surface area contributed by atoms with Crippen molar-refractivity contribution in [3.8, 4) is 0 Å². The monoisotopic (exact) mass is 89.1 g/mol. The number of primary amides is 1. The normalized spacial score (nSPS) is 13.7. The van der Waals surface area contributed by atoms with Gasteiger partial charge in [-0.25, -0.2) is 0 Å². The zero-order valence-corrected chi connectivity index (χ0v) is 3.64. The molecule has 0 unspecified atom stereocenters. The average molecular weight is 89.1 g/mol. The van der Waals surface area contributed by atoms with Crippen molar-refractivity contribution in [1.29, 1.82) is 0 Å². The first-order valence-corrected chi connectivity index (χ1v) is 1.69. The van der Waals surface area contributed by atoms with Crippen molar-refractivity contribution in [2.75, 3.05) is 0 Å². The molecule has 4 N–H and O–H groups in total. The second-order valence-electron chi connectivity index (χ2n) is 1.19. The molecule has 0 aliphatic carbocycles. The minimum absolute atomic E-state index is 0.463. The van der Waals surface area contributed by atoms with Crippen molar-refractivity contribution in [3.05, 3.63) is 0 Å². The SMILES string of the molecule is C[C@H](N)[13C](N)=O. The van der Waals surface area contributed by atoms with Crippen LogP contribution in [0.5, 0.6) is 0 Å². The number of hydrogen-bond donors (Lipinski definition) is 2. The van der Waals surface area contributed by atoms with Crippen LogP contribution in [0.15, 0.2) is 0 Å². The zero-order chi connectivity index (χ0) is 5.15. The summed E-state index contributed by atoms with van der Waals surface area (Å²) < 4.78 is 0. The molecule has 1 atom stereocenters. The second kappa shape index (κ2) is 1.77. The maximum Gasteiger partial charge on any atom is 0.234 e. The van der Waals surface area contributed by atoms with Crippen LogP contribution in [-0.4, -0.2) is 11.9 Å². The Morgan fingerprint density at radius 1 is 1.83 bits per heavy atom. The number of hydrogen-bond acceptors (Lipinski definition) is 2. The summed E-state index contributed by atoms with van der Waals surface area (Å²) in [6.07, 6.45) is 0. The molecule has 0 saturated carbocycles. The Morgan fingerprint density at radius 3 is 2.00 bits per heavy atom. The number of rotatable bonds is 1. The van der Waals surface area contributed by atoms with Crippen LogP contribution in [0.2, 0.25) is 0 Å². The minimum atomic E-state index is -0.509. The quantitative estimate of drug-likeness (QED) is 0.397. The molecule has 0 aromatic heterocycles. The third-order valence-electron chi connectivity index (χ3n) is 0.449. The lowest BCUT2D eigenvalue weighted by Gasteiger charge is -1.91. The highest BCUT2D eigenvalue weighted by Crippen LogP contribution is 1.64. The molecule has 36 valence electrons. The standard InChI is InChI=1S/C3H8N2O/c1-2(4)3(5)6/h2H,4H2,1H3,(H2,5,6)/t2-/m0/s1/i3+1. The number of carbonyl (C=O) groups excluding carboxylic acids is 1. The first-order chi connectivity index (χ1) is 2.64. The topological polar surface area (TPSA) is 69.1 Å². The lowest BCUT2D eigenvalue weighted by Crippen LogP contribution is -2.32. The van der Waals surface area contributed by atoms with E-state index < -0.39 is 11.9 Å². The number of amides is 1. The van der Waals surface area contributed by atoms with Crippen LogP contribution in [0.4, 0.5) is 0 Å². The Labute approximate surface area is 36.3 Å². The van der Waals surface area contributed by atoms with Gasteiger partial charge in [-0.05, 0) is 6.92 Å². The van der Waals surface area contributed by atoms with Crippen LogP contribution in [0.25, 0.3) is 0 Å². The van der Waals surface area contributed by atoms with Gasteiger partial charge in [0, 0.05) is 0 Å². The van der Waals surface area contributed by atoms with Crippen molar-refractivity contribution in [2.45, 2.75) is 13.0 Å². The summed E-state index contributed by atoms with van der Waals surface area (Å²) in [7, 11) is 0. The van der Waals surface area contributed by atoms with Crippen molar-refractivity contribution >= 4 is 5.91 Å². The van der Waals surface area contributed by atoms with E-state index in [9.17, 15) is 4.79 Å².